The van der Waals surface area contributed by atoms with Crippen molar-refractivity contribution in [1.82, 2.24) is 4.90 Å². The highest BCUT2D eigenvalue weighted by Gasteiger charge is 2.13. The predicted molar refractivity (Wildman–Crippen MR) is 83.1 cm³/mol. The quantitative estimate of drug-likeness (QED) is 0.742. The van der Waals surface area contributed by atoms with Crippen molar-refractivity contribution < 1.29 is 0 Å². The molecule has 0 bridgehead atoms. The van der Waals surface area contributed by atoms with Crippen LogP contribution in [0.1, 0.15) is 18.9 Å². The maximum atomic E-state index is 6.24. The van der Waals surface area contributed by atoms with Crippen LogP contribution in [-0.4, -0.2) is 30.0 Å². The zero-order chi connectivity index (χ0) is 12.8. The third-order valence-corrected chi connectivity index (χ3v) is 4.45. The summed E-state index contributed by atoms with van der Waals surface area (Å²) in [7, 11) is 2.17. The van der Waals surface area contributed by atoms with Crippen LogP contribution in [-0.2, 0) is 6.54 Å². The zero-order valence-electron chi connectivity index (χ0n) is 10.5. The lowest BCUT2D eigenvalue weighted by atomic mass is 10.1. The molecule has 1 aromatic carbocycles. The van der Waals surface area contributed by atoms with Gasteiger partial charge in [-0.15, -0.1) is 0 Å². The first-order valence-corrected chi connectivity index (χ1v) is 8.28. The van der Waals surface area contributed by atoms with Gasteiger partial charge in [0.1, 0.15) is 0 Å². The number of halogens is 2. The van der Waals surface area contributed by atoms with Crippen molar-refractivity contribution in [3.8, 4) is 0 Å². The van der Waals surface area contributed by atoms with Crippen LogP contribution in [0.4, 0.5) is 0 Å². The van der Waals surface area contributed by atoms with E-state index in [9.17, 15) is 0 Å². The summed E-state index contributed by atoms with van der Waals surface area (Å²) in [6, 6.07) is 6.71. The summed E-state index contributed by atoms with van der Waals surface area (Å²) < 4.78 is 1.03. The van der Waals surface area contributed by atoms with E-state index in [4.69, 9.17) is 11.6 Å². The van der Waals surface area contributed by atoms with Gasteiger partial charge in [0.15, 0.2) is 0 Å². The highest BCUT2D eigenvalue weighted by atomic mass is 79.9. The molecular formula is C13H19BrClNS. The molecule has 0 aliphatic carbocycles. The molecule has 17 heavy (non-hydrogen) atoms. The molecule has 1 nitrogen and oxygen atoms in total. The molecule has 0 aliphatic rings. The van der Waals surface area contributed by atoms with Crippen LogP contribution in [0.3, 0.4) is 0 Å². The standard InChI is InChI=1S/C13H19BrClNS/c1-4-12(9-17-3)16(2)8-10-5-6-11(14)7-13(10)15/h5-7,12H,4,8-9H2,1-3H3. The molecule has 0 fully saturated rings. The Hall–Kier alpha value is 0.300. The number of thioether (sulfide) groups is 1. The largest absolute Gasteiger partial charge is 0.298 e. The summed E-state index contributed by atoms with van der Waals surface area (Å²) >= 11 is 11.6. The fraction of sp³-hybridized carbons (Fsp3) is 0.538. The number of nitrogens with zero attached hydrogens (tertiary/aromatic N) is 1. The fourth-order valence-corrected chi connectivity index (χ4v) is 3.40. The van der Waals surface area contributed by atoms with Crippen LogP contribution < -0.4 is 0 Å². The van der Waals surface area contributed by atoms with Gasteiger partial charge in [0, 0.05) is 27.8 Å². The number of hydrogen-bond acceptors (Lipinski definition) is 2. The van der Waals surface area contributed by atoms with Crippen LogP contribution >= 0.6 is 39.3 Å². The molecule has 0 radical (unpaired) electrons. The van der Waals surface area contributed by atoms with E-state index in [-0.39, 0.29) is 0 Å². The molecule has 0 saturated heterocycles. The second-order valence-corrected chi connectivity index (χ2v) is 6.40. The lowest BCUT2D eigenvalue weighted by Crippen LogP contribution is -2.32. The third kappa shape index (κ3) is 4.82. The van der Waals surface area contributed by atoms with Gasteiger partial charge in [-0.25, -0.2) is 0 Å². The Labute approximate surface area is 122 Å². The molecule has 0 aliphatic heterocycles. The minimum absolute atomic E-state index is 0.615. The molecule has 1 atom stereocenters. The van der Waals surface area contributed by atoms with Crippen molar-refractivity contribution in [1.29, 1.82) is 0 Å². The molecule has 4 heteroatoms. The molecule has 0 aromatic heterocycles. The number of rotatable bonds is 6. The van der Waals surface area contributed by atoms with Gasteiger partial charge in [0.05, 0.1) is 0 Å². The Morgan fingerprint density at radius 1 is 1.47 bits per heavy atom. The van der Waals surface area contributed by atoms with Crippen molar-refractivity contribution in [2.45, 2.75) is 25.9 Å². The number of benzene rings is 1. The molecule has 1 aromatic rings. The fourth-order valence-electron chi connectivity index (χ4n) is 1.80. The summed E-state index contributed by atoms with van der Waals surface area (Å²) in [6.45, 7) is 3.14. The van der Waals surface area contributed by atoms with Crippen molar-refractivity contribution >= 4 is 39.3 Å². The van der Waals surface area contributed by atoms with Gasteiger partial charge in [0.2, 0.25) is 0 Å². The highest BCUT2D eigenvalue weighted by molar-refractivity contribution is 9.10. The van der Waals surface area contributed by atoms with Crippen LogP contribution in [0.15, 0.2) is 22.7 Å². The summed E-state index contributed by atoms with van der Waals surface area (Å²) in [5.41, 5.74) is 1.19. The second-order valence-electron chi connectivity index (χ2n) is 4.17. The van der Waals surface area contributed by atoms with Crippen molar-refractivity contribution in [2.24, 2.45) is 0 Å². The van der Waals surface area contributed by atoms with E-state index in [0.717, 1.165) is 16.0 Å². The maximum absolute atomic E-state index is 6.24. The summed E-state index contributed by atoms with van der Waals surface area (Å²) in [6.07, 6.45) is 3.33. The summed E-state index contributed by atoms with van der Waals surface area (Å²) in [5, 5.41) is 0.838. The van der Waals surface area contributed by atoms with Gasteiger partial charge in [0.25, 0.3) is 0 Å². The van der Waals surface area contributed by atoms with Crippen molar-refractivity contribution in [3.63, 3.8) is 0 Å². The maximum Gasteiger partial charge on any atom is 0.0462 e. The molecule has 1 rings (SSSR count). The first kappa shape index (κ1) is 15.4. The van der Waals surface area contributed by atoms with Gasteiger partial charge >= 0.3 is 0 Å². The minimum atomic E-state index is 0.615. The van der Waals surface area contributed by atoms with Gasteiger partial charge in [-0.3, -0.25) is 4.90 Å². The lowest BCUT2D eigenvalue weighted by molar-refractivity contribution is 0.248. The molecule has 0 saturated carbocycles. The smallest absolute Gasteiger partial charge is 0.0462 e. The molecule has 96 valence electrons. The molecule has 0 N–H and O–H groups in total. The Kier molecular flexibility index (Phi) is 6.93. The van der Waals surface area contributed by atoms with E-state index in [0.29, 0.717) is 6.04 Å². The Balaban J connectivity index is 2.69. The van der Waals surface area contributed by atoms with Gasteiger partial charge < -0.3 is 0 Å². The van der Waals surface area contributed by atoms with Crippen LogP contribution in [0.5, 0.6) is 0 Å². The second kappa shape index (κ2) is 7.67. The van der Waals surface area contributed by atoms with E-state index in [1.165, 1.54) is 17.7 Å². The van der Waals surface area contributed by atoms with Crippen LogP contribution in [0.2, 0.25) is 5.02 Å². The topological polar surface area (TPSA) is 3.24 Å². The molecule has 0 spiro atoms. The SMILES string of the molecule is CCC(CSC)N(C)Cc1ccc(Br)cc1Cl. The van der Waals surface area contributed by atoms with E-state index < -0.39 is 0 Å². The first-order chi connectivity index (χ1) is 8.08. The zero-order valence-corrected chi connectivity index (χ0v) is 13.7. The van der Waals surface area contributed by atoms with E-state index in [1.807, 2.05) is 23.9 Å². The molecule has 0 amide bonds. The molecule has 1 unspecified atom stereocenters. The van der Waals surface area contributed by atoms with E-state index in [2.05, 4.69) is 47.1 Å². The van der Waals surface area contributed by atoms with Crippen molar-refractivity contribution in [2.75, 3.05) is 19.1 Å². The Morgan fingerprint density at radius 3 is 2.71 bits per heavy atom. The lowest BCUT2D eigenvalue weighted by Gasteiger charge is -2.27. The Bertz CT molecular complexity index is 359. The normalized spacial score (nSPS) is 13.1. The highest BCUT2D eigenvalue weighted by Crippen LogP contribution is 2.23. The van der Waals surface area contributed by atoms with Crippen molar-refractivity contribution in [3.05, 3.63) is 33.3 Å². The monoisotopic (exact) mass is 335 g/mol. The average Bonchev–Trinajstić information content (AvgIpc) is 2.29. The van der Waals surface area contributed by atoms with Gasteiger partial charge in [-0.2, -0.15) is 11.8 Å². The third-order valence-electron chi connectivity index (χ3n) is 2.89. The van der Waals surface area contributed by atoms with Crippen LogP contribution in [0, 0.1) is 0 Å². The molecular weight excluding hydrogens is 318 g/mol. The van der Waals surface area contributed by atoms with E-state index in [1.54, 1.807) is 0 Å². The average molecular weight is 337 g/mol. The summed E-state index contributed by atoms with van der Waals surface area (Å²) in [5.74, 6) is 1.17. The minimum Gasteiger partial charge on any atom is -0.298 e. The Morgan fingerprint density at radius 2 is 2.18 bits per heavy atom. The predicted octanol–water partition coefficient (Wildman–Crippen LogP) is 4.68. The summed E-state index contributed by atoms with van der Waals surface area (Å²) in [4.78, 5) is 2.38. The number of hydrogen-bond donors (Lipinski definition) is 0. The van der Waals surface area contributed by atoms with E-state index >= 15 is 0 Å². The van der Waals surface area contributed by atoms with Gasteiger partial charge in [-0.05, 0) is 37.4 Å². The van der Waals surface area contributed by atoms with Gasteiger partial charge in [-0.1, -0.05) is 40.5 Å². The first-order valence-electron chi connectivity index (χ1n) is 5.71. The molecule has 0 heterocycles. The van der Waals surface area contributed by atoms with Crippen LogP contribution in [0.25, 0.3) is 0 Å².